The van der Waals surface area contributed by atoms with E-state index in [0.29, 0.717) is 16.5 Å². The zero-order valence-electron chi connectivity index (χ0n) is 15.8. The van der Waals surface area contributed by atoms with Gasteiger partial charge < -0.3 is 21.1 Å². The van der Waals surface area contributed by atoms with Crippen LogP contribution in [0.5, 0.6) is 0 Å². The lowest BCUT2D eigenvalue weighted by atomic mass is 10.1. The minimum Gasteiger partial charge on any atom is -0.478 e. The number of nitrogens with zero attached hydrogens (tertiary/aromatic N) is 1. The third-order valence-corrected chi connectivity index (χ3v) is 4.63. The number of hydrogen-bond acceptors (Lipinski definition) is 4. The number of aromatic amines is 1. The second kappa shape index (κ2) is 8.66. The summed E-state index contributed by atoms with van der Waals surface area (Å²) in [4.78, 5) is 42.0. The topological polar surface area (TPSA) is 150 Å². The summed E-state index contributed by atoms with van der Waals surface area (Å²) in [5.74, 6) is -1.41. The van der Waals surface area contributed by atoms with E-state index in [1.54, 1.807) is 30.3 Å². The Bertz CT molecular complexity index is 1120. The van der Waals surface area contributed by atoms with Gasteiger partial charge in [0, 0.05) is 17.1 Å². The van der Waals surface area contributed by atoms with Crippen molar-refractivity contribution in [1.29, 1.82) is 0 Å². The Morgan fingerprint density at radius 1 is 1.13 bits per heavy atom. The van der Waals surface area contributed by atoms with Crippen molar-refractivity contribution in [2.45, 2.75) is 13.3 Å². The first-order chi connectivity index (χ1) is 14.2. The maximum Gasteiger partial charge on any atom is 0.335 e. The number of nitrogens with two attached hydrogens (primary N) is 1. The van der Waals surface area contributed by atoms with Crippen LogP contribution in [0.4, 0.5) is 16.3 Å². The highest BCUT2D eigenvalue weighted by Crippen LogP contribution is 2.21. The number of primary amides is 1. The normalized spacial score (nSPS) is 10.5. The lowest BCUT2D eigenvalue weighted by Crippen LogP contribution is -2.22. The minimum absolute atomic E-state index is 0.0513. The highest BCUT2D eigenvalue weighted by Gasteiger charge is 2.18. The van der Waals surface area contributed by atoms with Crippen molar-refractivity contribution in [2.24, 2.45) is 5.73 Å². The summed E-state index contributed by atoms with van der Waals surface area (Å²) in [6, 6.07) is 10.6. The number of carboxylic acids is 1. The molecule has 3 rings (SSSR count). The van der Waals surface area contributed by atoms with Gasteiger partial charge in [0.15, 0.2) is 5.69 Å². The molecule has 1 heterocycles. The fourth-order valence-corrected chi connectivity index (χ4v) is 2.86. The van der Waals surface area contributed by atoms with Crippen LogP contribution in [0.25, 0.3) is 0 Å². The number of imidazole rings is 1. The molecule has 0 aliphatic carbocycles. The molecular formula is C20H18ClN5O4. The summed E-state index contributed by atoms with van der Waals surface area (Å²) in [5, 5.41) is 14.6. The van der Waals surface area contributed by atoms with Crippen LogP contribution in [0, 0.1) is 6.92 Å². The molecule has 0 saturated heterocycles. The highest BCUT2D eigenvalue weighted by atomic mass is 35.5. The number of benzene rings is 2. The van der Waals surface area contributed by atoms with Crippen molar-refractivity contribution in [1.82, 2.24) is 9.97 Å². The van der Waals surface area contributed by atoms with E-state index >= 15 is 0 Å². The number of anilines is 2. The fourth-order valence-electron chi connectivity index (χ4n) is 2.68. The quantitative estimate of drug-likeness (QED) is 0.408. The summed E-state index contributed by atoms with van der Waals surface area (Å²) in [5.41, 5.74) is 7.50. The summed E-state index contributed by atoms with van der Waals surface area (Å²) < 4.78 is 0. The zero-order valence-corrected chi connectivity index (χ0v) is 16.6. The Morgan fingerprint density at radius 2 is 1.83 bits per heavy atom. The SMILES string of the molecule is Cc1ccc(NC(=O)Nc2[nH]c(Cc3ccc(C(=O)O)cc3)nc2C(N)=O)cc1Cl. The largest absolute Gasteiger partial charge is 0.478 e. The summed E-state index contributed by atoms with van der Waals surface area (Å²) in [6.07, 6.45) is 0.275. The van der Waals surface area contributed by atoms with Crippen molar-refractivity contribution in [3.8, 4) is 0 Å². The van der Waals surface area contributed by atoms with Gasteiger partial charge in [-0.2, -0.15) is 0 Å². The molecule has 0 spiro atoms. The van der Waals surface area contributed by atoms with Gasteiger partial charge in [0.1, 0.15) is 11.6 Å². The van der Waals surface area contributed by atoms with Gasteiger partial charge in [0.05, 0.1) is 5.56 Å². The Morgan fingerprint density at radius 3 is 2.43 bits per heavy atom. The predicted molar refractivity (Wildman–Crippen MR) is 112 cm³/mol. The number of aryl methyl sites for hydroxylation is 1. The number of rotatable bonds is 6. The molecule has 0 aliphatic rings. The van der Waals surface area contributed by atoms with E-state index in [1.807, 2.05) is 6.92 Å². The highest BCUT2D eigenvalue weighted by molar-refractivity contribution is 6.31. The standard InChI is InChI=1S/C20H18ClN5O4/c1-10-2-7-13(9-14(10)21)23-20(30)26-18-16(17(22)27)24-15(25-18)8-11-3-5-12(6-4-11)19(28)29/h2-7,9H,8H2,1H3,(H2,22,27)(H,24,25)(H,28,29)(H2,23,26,30). The summed E-state index contributed by atoms with van der Waals surface area (Å²) in [7, 11) is 0. The van der Waals surface area contributed by atoms with Gasteiger partial charge in [0.2, 0.25) is 0 Å². The molecule has 0 bridgehead atoms. The van der Waals surface area contributed by atoms with Crippen molar-refractivity contribution >= 4 is 41.0 Å². The van der Waals surface area contributed by atoms with Crippen LogP contribution in [0.3, 0.4) is 0 Å². The Labute approximate surface area is 176 Å². The van der Waals surface area contributed by atoms with E-state index in [2.05, 4.69) is 20.6 Å². The van der Waals surface area contributed by atoms with Crippen LogP contribution in [-0.2, 0) is 6.42 Å². The first kappa shape index (κ1) is 20.9. The Hall–Kier alpha value is -3.85. The molecule has 30 heavy (non-hydrogen) atoms. The van der Waals surface area contributed by atoms with E-state index in [1.165, 1.54) is 12.1 Å². The van der Waals surface area contributed by atoms with E-state index < -0.39 is 17.9 Å². The monoisotopic (exact) mass is 427 g/mol. The smallest absolute Gasteiger partial charge is 0.335 e. The molecule has 0 fully saturated rings. The average molecular weight is 428 g/mol. The van der Waals surface area contributed by atoms with Crippen LogP contribution in [0.2, 0.25) is 5.02 Å². The van der Waals surface area contributed by atoms with Crippen LogP contribution in [-0.4, -0.2) is 33.0 Å². The van der Waals surface area contributed by atoms with Gasteiger partial charge in [-0.25, -0.2) is 14.6 Å². The molecule has 9 nitrogen and oxygen atoms in total. The minimum atomic E-state index is -1.03. The number of amides is 3. The number of urea groups is 1. The molecule has 2 aromatic carbocycles. The number of nitrogens with one attached hydrogen (secondary N) is 3. The molecule has 0 unspecified atom stereocenters. The van der Waals surface area contributed by atoms with Crippen molar-refractivity contribution < 1.29 is 19.5 Å². The number of carboxylic acid groups (broad SMARTS) is 1. The van der Waals surface area contributed by atoms with Gasteiger partial charge >= 0.3 is 12.0 Å². The average Bonchev–Trinajstić information content (AvgIpc) is 3.07. The van der Waals surface area contributed by atoms with Crippen LogP contribution in [0.15, 0.2) is 42.5 Å². The van der Waals surface area contributed by atoms with Crippen LogP contribution >= 0.6 is 11.6 Å². The number of H-pyrrole nitrogens is 1. The molecule has 3 amide bonds. The molecule has 154 valence electrons. The van der Waals surface area contributed by atoms with E-state index in [0.717, 1.165) is 11.1 Å². The van der Waals surface area contributed by atoms with Crippen molar-refractivity contribution in [3.05, 3.63) is 75.7 Å². The number of aromatic nitrogens is 2. The van der Waals surface area contributed by atoms with Crippen LogP contribution < -0.4 is 16.4 Å². The zero-order chi connectivity index (χ0) is 21.8. The lowest BCUT2D eigenvalue weighted by molar-refractivity contribution is 0.0696. The van der Waals surface area contributed by atoms with Crippen LogP contribution in [0.1, 0.15) is 37.8 Å². The number of hydrogen-bond donors (Lipinski definition) is 5. The maximum atomic E-state index is 12.3. The molecule has 0 radical (unpaired) electrons. The number of halogens is 1. The number of carbonyl (C=O) groups excluding carboxylic acids is 2. The lowest BCUT2D eigenvalue weighted by Gasteiger charge is -2.08. The fraction of sp³-hybridized carbons (Fsp3) is 0.100. The van der Waals surface area contributed by atoms with Crippen molar-refractivity contribution in [3.63, 3.8) is 0 Å². The molecule has 1 aromatic heterocycles. The summed E-state index contributed by atoms with van der Waals surface area (Å²) in [6.45, 7) is 1.84. The Balaban J connectivity index is 1.74. The predicted octanol–water partition coefficient (Wildman–Crippen LogP) is 3.40. The second-order valence-electron chi connectivity index (χ2n) is 6.49. The molecule has 3 aromatic rings. The third kappa shape index (κ3) is 4.95. The molecular weight excluding hydrogens is 410 g/mol. The summed E-state index contributed by atoms with van der Waals surface area (Å²) >= 11 is 6.05. The van der Waals surface area contributed by atoms with Gasteiger partial charge in [-0.1, -0.05) is 29.8 Å². The molecule has 0 atom stereocenters. The van der Waals surface area contributed by atoms with E-state index in [9.17, 15) is 14.4 Å². The van der Waals surface area contributed by atoms with Gasteiger partial charge in [-0.15, -0.1) is 0 Å². The van der Waals surface area contributed by atoms with Gasteiger partial charge in [0.25, 0.3) is 5.91 Å². The number of carbonyl (C=O) groups is 3. The van der Waals surface area contributed by atoms with Gasteiger partial charge in [-0.05, 0) is 42.3 Å². The number of aromatic carboxylic acids is 1. The first-order valence-electron chi connectivity index (χ1n) is 8.78. The maximum absolute atomic E-state index is 12.3. The molecule has 0 saturated carbocycles. The van der Waals surface area contributed by atoms with E-state index in [4.69, 9.17) is 22.4 Å². The van der Waals surface area contributed by atoms with Crippen molar-refractivity contribution in [2.75, 3.05) is 10.6 Å². The molecule has 6 N–H and O–H groups in total. The second-order valence-corrected chi connectivity index (χ2v) is 6.90. The third-order valence-electron chi connectivity index (χ3n) is 4.23. The Kier molecular flexibility index (Phi) is 6.03. The van der Waals surface area contributed by atoms with E-state index in [-0.39, 0.29) is 23.5 Å². The first-order valence-corrected chi connectivity index (χ1v) is 9.16. The molecule has 10 heteroatoms. The van der Waals surface area contributed by atoms with Gasteiger partial charge in [-0.3, -0.25) is 10.1 Å². The molecule has 0 aliphatic heterocycles.